The maximum atomic E-state index is 12.0. The fourth-order valence-corrected chi connectivity index (χ4v) is 3.17. The fraction of sp³-hybridized carbons (Fsp3) is 0.842. The average molecular weight is 364 g/mol. The summed E-state index contributed by atoms with van der Waals surface area (Å²) >= 11 is 0. The van der Waals surface area contributed by atoms with E-state index in [0.717, 1.165) is 51.6 Å². The van der Waals surface area contributed by atoms with E-state index in [9.17, 15) is 9.90 Å². The number of carbonyl (C=O) groups excluding carboxylic acids is 1. The average Bonchev–Trinajstić information content (AvgIpc) is 2.49. The van der Waals surface area contributed by atoms with E-state index < -0.39 is 6.10 Å². The first-order chi connectivity index (χ1) is 11.0. The maximum Gasteiger partial charge on any atom is 0.334 e. The molecule has 5 heteroatoms. The van der Waals surface area contributed by atoms with Gasteiger partial charge in [0.2, 0.25) is 6.23 Å². The molecule has 0 saturated heterocycles. The highest BCUT2D eigenvalue weighted by Crippen LogP contribution is 2.24. The van der Waals surface area contributed by atoms with E-state index in [-0.39, 0.29) is 24.6 Å². The molecule has 0 aliphatic rings. The number of hydrogen-bond donors (Lipinski definition) is 1. The van der Waals surface area contributed by atoms with E-state index in [4.69, 9.17) is 4.74 Å². The zero-order chi connectivity index (χ0) is 17.7. The van der Waals surface area contributed by atoms with Gasteiger partial charge in [-0.1, -0.05) is 39.7 Å². The van der Waals surface area contributed by atoms with Crippen molar-refractivity contribution in [1.29, 1.82) is 0 Å². The van der Waals surface area contributed by atoms with Gasteiger partial charge in [-0.3, -0.25) is 4.48 Å². The van der Waals surface area contributed by atoms with Crippen LogP contribution in [0.1, 0.15) is 73.1 Å². The van der Waals surface area contributed by atoms with E-state index in [1.54, 1.807) is 6.08 Å². The molecular formula is C19H38ClNO3. The van der Waals surface area contributed by atoms with E-state index in [0.29, 0.717) is 11.0 Å². The molecule has 0 rings (SSSR count). The lowest BCUT2D eigenvalue weighted by molar-refractivity contribution is -0.972. The van der Waals surface area contributed by atoms with Crippen molar-refractivity contribution in [3.8, 4) is 0 Å². The van der Waals surface area contributed by atoms with Crippen LogP contribution in [0.25, 0.3) is 0 Å². The lowest BCUT2D eigenvalue weighted by atomic mass is 10.1. The van der Waals surface area contributed by atoms with E-state index >= 15 is 0 Å². The Labute approximate surface area is 155 Å². The molecule has 4 nitrogen and oxygen atoms in total. The number of hydrogen-bond acceptors (Lipinski definition) is 3. The summed E-state index contributed by atoms with van der Waals surface area (Å²) in [6, 6.07) is 0. The first kappa shape index (κ1) is 25.7. The molecule has 0 radical (unpaired) electrons. The standard InChI is InChI=1S/C19H38NO3.ClH/c1-6-10-14-20(15-11-7-2,16-17(5)21)18(12-8-3)23-19(22)13-9-4;/h9,13,17-18,21H,6-8,10-12,14-16H2,1-5H3;1H/q+1;/p-1. The van der Waals surface area contributed by atoms with Gasteiger partial charge in [-0.15, -0.1) is 0 Å². The molecule has 0 aromatic rings. The Bertz CT molecular complexity index is 338. The van der Waals surface area contributed by atoms with Crippen LogP contribution in [0, 0.1) is 0 Å². The van der Waals surface area contributed by atoms with Gasteiger partial charge in [0.25, 0.3) is 0 Å². The van der Waals surface area contributed by atoms with Gasteiger partial charge in [0.1, 0.15) is 12.6 Å². The Balaban J connectivity index is 0. The van der Waals surface area contributed by atoms with E-state index in [1.165, 1.54) is 6.08 Å². The quantitative estimate of drug-likeness (QED) is 0.230. The Hall–Kier alpha value is -0.580. The van der Waals surface area contributed by atoms with Crippen LogP contribution in [0.2, 0.25) is 0 Å². The Kier molecular flexibility index (Phi) is 15.8. The topological polar surface area (TPSA) is 46.5 Å². The highest BCUT2D eigenvalue weighted by molar-refractivity contribution is 5.81. The zero-order valence-electron chi connectivity index (χ0n) is 16.3. The minimum atomic E-state index is -0.400. The monoisotopic (exact) mass is 363 g/mol. The summed E-state index contributed by atoms with van der Waals surface area (Å²) in [7, 11) is 0. The Morgan fingerprint density at radius 3 is 2.04 bits per heavy atom. The molecular weight excluding hydrogens is 326 g/mol. The van der Waals surface area contributed by atoms with Crippen LogP contribution < -0.4 is 12.4 Å². The van der Waals surface area contributed by atoms with Gasteiger partial charge < -0.3 is 22.3 Å². The second kappa shape index (κ2) is 14.7. The largest absolute Gasteiger partial charge is 1.00 e. The van der Waals surface area contributed by atoms with Gasteiger partial charge in [-0.2, -0.15) is 0 Å². The van der Waals surface area contributed by atoms with Gasteiger partial charge in [0.05, 0.1) is 13.1 Å². The number of aliphatic hydroxyl groups excluding tert-OH is 1. The van der Waals surface area contributed by atoms with E-state index in [1.807, 2.05) is 13.8 Å². The van der Waals surface area contributed by atoms with Crippen molar-refractivity contribution in [2.75, 3.05) is 19.6 Å². The summed E-state index contributed by atoms with van der Waals surface area (Å²) < 4.78 is 6.52. The molecule has 0 aromatic heterocycles. The summed E-state index contributed by atoms with van der Waals surface area (Å²) in [6.07, 6.45) is 8.80. The van der Waals surface area contributed by atoms with Crippen LogP contribution in [0.3, 0.4) is 0 Å². The summed E-state index contributed by atoms with van der Waals surface area (Å²) in [5, 5.41) is 10.1. The number of quaternary nitrogens is 1. The van der Waals surface area contributed by atoms with Crippen LogP contribution in [0.5, 0.6) is 0 Å². The maximum absolute atomic E-state index is 12.0. The summed E-state index contributed by atoms with van der Waals surface area (Å²) in [5.74, 6) is -0.271. The Morgan fingerprint density at radius 1 is 1.12 bits per heavy atom. The molecule has 1 N–H and O–H groups in total. The first-order valence-corrected chi connectivity index (χ1v) is 9.32. The molecule has 0 heterocycles. The minimum absolute atomic E-state index is 0. The van der Waals surface area contributed by atoms with Gasteiger partial charge >= 0.3 is 5.97 Å². The van der Waals surface area contributed by atoms with Crippen LogP contribution >= 0.6 is 0 Å². The molecule has 2 atom stereocenters. The molecule has 24 heavy (non-hydrogen) atoms. The molecule has 0 aromatic carbocycles. The SMILES string of the molecule is CC=CC(=O)OC(CCC)[N+](CCCC)(CCCC)CC(C)O.[Cl-]. The second-order valence-corrected chi connectivity index (χ2v) is 6.58. The van der Waals surface area contributed by atoms with Crippen molar-refractivity contribution in [3.05, 3.63) is 12.2 Å². The number of allylic oxidation sites excluding steroid dienone is 1. The molecule has 0 spiro atoms. The number of rotatable bonds is 13. The first-order valence-electron chi connectivity index (χ1n) is 9.32. The van der Waals surface area contributed by atoms with Crippen LogP contribution in [-0.4, -0.2) is 47.5 Å². The van der Waals surface area contributed by atoms with Crippen molar-refractivity contribution in [2.24, 2.45) is 0 Å². The van der Waals surface area contributed by atoms with Crippen molar-refractivity contribution >= 4 is 5.97 Å². The molecule has 0 amide bonds. The second-order valence-electron chi connectivity index (χ2n) is 6.58. The number of halogens is 1. The normalized spacial score (nSPS) is 14.2. The molecule has 0 bridgehead atoms. The summed E-state index contributed by atoms with van der Waals surface area (Å²) in [5.41, 5.74) is 0. The highest BCUT2D eigenvalue weighted by Gasteiger charge is 2.39. The summed E-state index contributed by atoms with van der Waals surface area (Å²) in [4.78, 5) is 12.0. The molecule has 144 valence electrons. The lowest BCUT2D eigenvalue weighted by Crippen LogP contribution is -3.00. The number of ether oxygens (including phenoxy) is 1. The van der Waals surface area contributed by atoms with Crippen molar-refractivity contribution in [1.82, 2.24) is 0 Å². The van der Waals surface area contributed by atoms with Gasteiger partial charge in [-0.25, -0.2) is 4.79 Å². The summed E-state index contributed by atoms with van der Waals surface area (Å²) in [6.45, 7) is 12.7. The lowest BCUT2D eigenvalue weighted by Gasteiger charge is -2.44. The Morgan fingerprint density at radius 2 is 1.67 bits per heavy atom. The van der Waals surface area contributed by atoms with Crippen molar-refractivity contribution < 1.29 is 31.5 Å². The number of unbranched alkanes of at least 4 members (excludes halogenated alkanes) is 2. The minimum Gasteiger partial charge on any atom is -1.00 e. The smallest absolute Gasteiger partial charge is 0.334 e. The third-order valence-corrected chi connectivity index (χ3v) is 4.24. The van der Waals surface area contributed by atoms with Crippen LogP contribution in [-0.2, 0) is 9.53 Å². The molecule has 2 unspecified atom stereocenters. The number of nitrogens with zero attached hydrogens (tertiary/aromatic N) is 1. The molecule has 0 aliphatic heterocycles. The van der Waals surface area contributed by atoms with Gasteiger partial charge in [0.15, 0.2) is 0 Å². The van der Waals surface area contributed by atoms with Crippen molar-refractivity contribution in [3.63, 3.8) is 0 Å². The predicted molar refractivity (Wildman–Crippen MR) is 96.0 cm³/mol. The molecule has 0 saturated carbocycles. The predicted octanol–water partition coefficient (Wildman–Crippen LogP) is 1.03. The van der Waals surface area contributed by atoms with Gasteiger partial charge in [-0.05, 0) is 33.1 Å². The number of carbonyl (C=O) groups is 1. The molecule has 0 fully saturated rings. The van der Waals surface area contributed by atoms with Gasteiger partial charge in [0, 0.05) is 12.5 Å². The fourth-order valence-electron chi connectivity index (χ4n) is 3.17. The third-order valence-electron chi connectivity index (χ3n) is 4.24. The zero-order valence-corrected chi connectivity index (χ0v) is 17.0. The van der Waals surface area contributed by atoms with E-state index in [2.05, 4.69) is 20.8 Å². The molecule has 0 aliphatic carbocycles. The van der Waals surface area contributed by atoms with Crippen molar-refractivity contribution in [2.45, 2.75) is 85.5 Å². The number of esters is 1. The van der Waals surface area contributed by atoms with Crippen LogP contribution in [0.4, 0.5) is 0 Å². The highest BCUT2D eigenvalue weighted by atomic mass is 35.5. The van der Waals surface area contributed by atoms with Crippen LogP contribution in [0.15, 0.2) is 12.2 Å². The number of aliphatic hydroxyl groups is 1. The third kappa shape index (κ3) is 9.65.